The summed E-state index contributed by atoms with van der Waals surface area (Å²) in [6, 6.07) is 6.01. The van der Waals surface area contributed by atoms with Crippen LogP contribution >= 0.6 is 24.0 Å². The van der Waals surface area contributed by atoms with E-state index in [2.05, 4.69) is 41.4 Å². The van der Waals surface area contributed by atoms with Crippen molar-refractivity contribution in [3.63, 3.8) is 0 Å². The molecule has 6 nitrogen and oxygen atoms in total. The van der Waals surface area contributed by atoms with Crippen molar-refractivity contribution >= 4 is 35.8 Å². The SMILES string of the molecule is CCNC(=NCc1cccc(N(C)C)n1)NCCCOCC(C)C.I. The lowest BCUT2D eigenvalue weighted by atomic mass is 10.2. The molecule has 0 amide bonds. The van der Waals surface area contributed by atoms with Crippen LogP contribution in [0.4, 0.5) is 5.82 Å². The Balaban J connectivity index is 0.00000576. The van der Waals surface area contributed by atoms with Crippen molar-refractivity contribution in [1.29, 1.82) is 0 Å². The summed E-state index contributed by atoms with van der Waals surface area (Å²) in [5, 5.41) is 6.60. The molecule has 0 saturated heterocycles. The van der Waals surface area contributed by atoms with Crippen molar-refractivity contribution in [2.24, 2.45) is 10.9 Å². The van der Waals surface area contributed by atoms with E-state index in [4.69, 9.17) is 4.74 Å². The second-order valence-electron chi connectivity index (χ2n) is 6.33. The highest BCUT2D eigenvalue weighted by atomic mass is 127. The van der Waals surface area contributed by atoms with Gasteiger partial charge in [0, 0.05) is 40.4 Å². The summed E-state index contributed by atoms with van der Waals surface area (Å²) in [6.07, 6.45) is 0.964. The summed E-state index contributed by atoms with van der Waals surface area (Å²) >= 11 is 0. The van der Waals surface area contributed by atoms with Gasteiger partial charge in [0.1, 0.15) is 5.82 Å². The van der Waals surface area contributed by atoms with Gasteiger partial charge in [0.15, 0.2) is 5.96 Å². The number of hydrogen-bond donors (Lipinski definition) is 2. The van der Waals surface area contributed by atoms with Gasteiger partial charge in [-0.25, -0.2) is 9.98 Å². The van der Waals surface area contributed by atoms with Crippen LogP contribution < -0.4 is 15.5 Å². The second-order valence-corrected chi connectivity index (χ2v) is 6.33. The number of anilines is 1. The normalized spacial score (nSPS) is 11.2. The molecule has 0 fully saturated rings. The number of nitrogens with zero attached hydrogens (tertiary/aromatic N) is 3. The topological polar surface area (TPSA) is 61.8 Å². The van der Waals surface area contributed by atoms with E-state index in [0.717, 1.165) is 50.2 Å². The summed E-state index contributed by atoms with van der Waals surface area (Å²) < 4.78 is 5.59. The van der Waals surface area contributed by atoms with E-state index in [1.54, 1.807) is 0 Å². The molecular formula is C18H34IN5O. The maximum Gasteiger partial charge on any atom is 0.191 e. The van der Waals surface area contributed by atoms with Crippen molar-refractivity contribution in [3.05, 3.63) is 23.9 Å². The number of aromatic nitrogens is 1. The van der Waals surface area contributed by atoms with Crippen molar-refractivity contribution in [2.75, 3.05) is 45.3 Å². The Morgan fingerprint density at radius 3 is 2.68 bits per heavy atom. The molecule has 1 aromatic heterocycles. The smallest absolute Gasteiger partial charge is 0.191 e. The lowest BCUT2D eigenvalue weighted by Gasteiger charge is -2.13. The Kier molecular flexibility index (Phi) is 13.5. The van der Waals surface area contributed by atoms with Crippen molar-refractivity contribution in [2.45, 2.75) is 33.7 Å². The van der Waals surface area contributed by atoms with Gasteiger partial charge in [0.2, 0.25) is 0 Å². The molecule has 0 aliphatic heterocycles. The molecule has 7 heteroatoms. The molecule has 2 N–H and O–H groups in total. The highest BCUT2D eigenvalue weighted by molar-refractivity contribution is 14.0. The molecule has 25 heavy (non-hydrogen) atoms. The molecule has 0 spiro atoms. The average Bonchev–Trinajstić information content (AvgIpc) is 2.55. The molecule has 0 radical (unpaired) electrons. The molecule has 0 atom stereocenters. The van der Waals surface area contributed by atoms with Crippen LogP contribution in [0.2, 0.25) is 0 Å². The predicted molar refractivity (Wildman–Crippen MR) is 117 cm³/mol. The first-order valence-corrected chi connectivity index (χ1v) is 8.76. The number of rotatable bonds is 10. The number of guanidine groups is 1. The number of nitrogens with one attached hydrogen (secondary N) is 2. The van der Waals surface area contributed by atoms with Gasteiger partial charge >= 0.3 is 0 Å². The molecular weight excluding hydrogens is 429 g/mol. The molecule has 1 rings (SSSR count). The van der Waals surface area contributed by atoms with Crippen LogP contribution in [0.3, 0.4) is 0 Å². The average molecular weight is 463 g/mol. The molecule has 0 aliphatic carbocycles. The molecule has 1 heterocycles. The lowest BCUT2D eigenvalue weighted by molar-refractivity contribution is 0.108. The zero-order valence-electron chi connectivity index (χ0n) is 16.2. The van der Waals surface area contributed by atoms with E-state index < -0.39 is 0 Å². The fourth-order valence-corrected chi connectivity index (χ4v) is 2.01. The number of aliphatic imine (C=N–C) groups is 1. The molecule has 0 aliphatic rings. The van der Waals surface area contributed by atoms with Crippen LogP contribution in [0.5, 0.6) is 0 Å². The number of hydrogen-bond acceptors (Lipinski definition) is 4. The molecule has 0 saturated carbocycles. The van der Waals surface area contributed by atoms with Crippen molar-refractivity contribution in [1.82, 2.24) is 15.6 Å². The summed E-state index contributed by atoms with van der Waals surface area (Å²) in [4.78, 5) is 11.2. The lowest BCUT2D eigenvalue weighted by Crippen LogP contribution is -2.38. The Morgan fingerprint density at radius 2 is 2.04 bits per heavy atom. The minimum absolute atomic E-state index is 0. The van der Waals surface area contributed by atoms with Crippen molar-refractivity contribution < 1.29 is 4.74 Å². The maximum atomic E-state index is 5.59. The van der Waals surface area contributed by atoms with E-state index in [1.807, 2.05) is 37.2 Å². The van der Waals surface area contributed by atoms with Crippen LogP contribution in [0.15, 0.2) is 23.2 Å². The molecule has 1 aromatic rings. The van der Waals surface area contributed by atoms with E-state index in [9.17, 15) is 0 Å². The van der Waals surface area contributed by atoms with E-state index in [-0.39, 0.29) is 24.0 Å². The Morgan fingerprint density at radius 1 is 1.28 bits per heavy atom. The number of halogens is 1. The third kappa shape index (κ3) is 11.2. The first kappa shape index (κ1) is 23.9. The van der Waals surface area contributed by atoms with Gasteiger partial charge in [0.25, 0.3) is 0 Å². The van der Waals surface area contributed by atoms with Gasteiger partial charge in [-0.05, 0) is 31.4 Å². The summed E-state index contributed by atoms with van der Waals surface area (Å²) in [7, 11) is 3.98. The fraction of sp³-hybridized carbons (Fsp3) is 0.667. The van der Waals surface area contributed by atoms with E-state index in [0.29, 0.717) is 12.5 Å². The minimum atomic E-state index is 0. The van der Waals surface area contributed by atoms with Gasteiger partial charge in [-0.1, -0.05) is 19.9 Å². The van der Waals surface area contributed by atoms with Crippen LogP contribution in [-0.2, 0) is 11.3 Å². The second kappa shape index (κ2) is 14.1. The first-order chi connectivity index (χ1) is 11.5. The van der Waals surface area contributed by atoms with E-state index >= 15 is 0 Å². The summed E-state index contributed by atoms with van der Waals surface area (Å²) in [5.41, 5.74) is 0.957. The van der Waals surface area contributed by atoms with E-state index in [1.165, 1.54) is 0 Å². The third-order valence-corrected chi connectivity index (χ3v) is 3.20. The summed E-state index contributed by atoms with van der Waals surface area (Å²) in [5.74, 6) is 2.35. The summed E-state index contributed by atoms with van der Waals surface area (Å²) in [6.45, 7) is 10.2. The van der Waals surface area contributed by atoms with Crippen LogP contribution in [0, 0.1) is 5.92 Å². The zero-order valence-corrected chi connectivity index (χ0v) is 18.5. The fourth-order valence-electron chi connectivity index (χ4n) is 2.01. The Hall–Kier alpha value is -1.09. The van der Waals surface area contributed by atoms with Gasteiger partial charge in [-0.15, -0.1) is 24.0 Å². The Bertz CT molecular complexity index is 494. The molecule has 144 valence electrons. The van der Waals surface area contributed by atoms with Gasteiger partial charge in [-0.2, -0.15) is 0 Å². The van der Waals surface area contributed by atoms with Gasteiger partial charge in [-0.3, -0.25) is 0 Å². The molecule has 0 aromatic carbocycles. The predicted octanol–water partition coefficient (Wildman–Crippen LogP) is 2.88. The molecule has 0 bridgehead atoms. The third-order valence-electron chi connectivity index (χ3n) is 3.20. The standard InChI is InChI=1S/C18H33N5O.HI/c1-6-19-18(20-11-8-12-24-14-15(2)3)21-13-16-9-7-10-17(22-16)23(4)5;/h7,9-10,15H,6,8,11-14H2,1-5H3,(H2,19,20,21);1H. The van der Waals surface area contributed by atoms with Gasteiger partial charge < -0.3 is 20.3 Å². The monoisotopic (exact) mass is 463 g/mol. The molecule has 0 unspecified atom stereocenters. The van der Waals surface area contributed by atoms with Crippen LogP contribution in [0.25, 0.3) is 0 Å². The highest BCUT2D eigenvalue weighted by Gasteiger charge is 2.01. The number of pyridine rings is 1. The Labute approximate surface area is 169 Å². The highest BCUT2D eigenvalue weighted by Crippen LogP contribution is 2.08. The zero-order chi connectivity index (χ0) is 17.8. The first-order valence-electron chi connectivity index (χ1n) is 8.76. The minimum Gasteiger partial charge on any atom is -0.381 e. The largest absolute Gasteiger partial charge is 0.381 e. The van der Waals surface area contributed by atoms with Gasteiger partial charge in [0.05, 0.1) is 12.2 Å². The number of ether oxygens (including phenoxy) is 1. The van der Waals surface area contributed by atoms with Crippen LogP contribution in [0.1, 0.15) is 32.9 Å². The van der Waals surface area contributed by atoms with Crippen molar-refractivity contribution in [3.8, 4) is 0 Å². The van der Waals surface area contributed by atoms with Crippen LogP contribution in [-0.4, -0.2) is 51.3 Å². The quantitative estimate of drug-likeness (QED) is 0.242. The maximum absolute atomic E-state index is 5.59.